The Kier molecular flexibility index (Phi) is 2.89. The molecule has 0 aromatic carbocycles. The summed E-state index contributed by atoms with van der Waals surface area (Å²) in [6, 6.07) is 0. The first-order chi connectivity index (χ1) is 8.30. The summed E-state index contributed by atoms with van der Waals surface area (Å²) in [5.41, 5.74) is -0.763. The van der Waals surface area contributed by atoms with Gasteiger partial charge in [0.1, 0.15) is 5.41 Å². The summed E-state index contributed by atoms with van der Waals surface area (Å²) < 4.78 is 5.46. The Bertz CT molecular complexity index is 476. The number of rotatable bonds is 1. The molecular weight excluding hydrogens is 236 g/mol. The minimum Gasteiger partial charge on any atom is -0.480 e. The van der Waals surface area contributed by atoms with E-state index < -0.39 is 17.2 Å². The van der Waals surface area contributed by atoms with Crippen molar-refractivity contribution in [1.29, 1.82) is 0 Å². The first-order valence-electron chi connectivity index (χ1n) is 5.95. The third-order valence-electron chi connectivity index (χ3n) is 4.16. The monoisotopic (exact) mass is 252 g/mol. The van der Waals surface area contributed by atoms with Crippen LogP contribution in [0.15, 0.2) is 11.1 Å². The molecular formula is C13H16O5. The number of Topliss-reactive ketones (excluding diaryl/α,β-unsaturated/α-hetero) is 2. The highest BCUT2D eigenvalue weighted by molar-refractivity contribution is 6.20. The fraction of sp³-hybridized carbons (Fsp3) is 0.615. The van der Waals surface area contributed by atoms with Crippen LogP contribution in [0.5, 0.6) is 0 Å². The molecule has 1 aliphatic carbocycles. The molecule has 1 heterocycles. The van der Waals surface area contributed by atoms with Crippen molar-refractivity contribution in [3.8, 4) is 0 Å². The zero-order valence-electron chi connectivity index (χ0n) is 10.6. The molecule has 0 aromatic rings. The van der Waals surface area contributed by atoms with E-state index in [0.29, 0.717) is 11.1 Å². The first kappa shape index (κ1) is 13.0. The van der Waals surface area contributed by atoms with Gasteiger partial charge in [-0.2, -0.15) is 0 Å². The molecule has 3 unspecified atom stereocenters. The molecule has 2 rings (SSSR count). The highest BCUT2D eigenvalue weighted by Crippen LogP contribution is 2.44. The van der Waals surface area contributed by atoms with E-state index in [1.807, 2.05) is 6.92 Å². The molecule has 0 fully saturated rings. The lowest BCUT2D eigenvalue weighted by atomic mass is 9.64. The average molecular weight is 252 g/mol. The smallest absolute Gasteiger partial charge is 0.321 e. The molecule has 0 aromatic heterocycles. The Hall–Kier alpha value is -1.49. The van der Waals surface area contributed by atoms with Crippen LogP contribution < -0.4 is 0 Å². The Morgan fingerprint density at radius 3 is 2.56 bits per heavy atom. The van der Waals surface area contributed by atoms with Crippen molar-refractivity contribution in [2.24, 2.45) is 11.3 Å². The SMILES string of the molecule is CC1OCC2=C(C1C)C(C)(C(=O)O)C(=O)CC2=O. The van der Waals surface area contributed by atoms with Gasteiger partial charge in [-0.15, -0.1) is 0 Å². The normalized spacial score (nSPS) is 36.6. The number of ether oxygens (including phenoxy) is 1. The zero-order chi connectivity index (χ0) is 13.7. The number of ketones is 2. The Morgan fingerprint density at radius 2 is 2.00 bits per heavy atom. The lowest BCUT2D eigenvalue weighted by Gasteiger charge is -2.41. The fourth-order valence-electron chi connectivity index (χ4n) is 2.75. The van der Waals surface area contributed by atoms with Crippen molar-refractivity contribution in [3.63, 3.8) is 0 Å². The number of carbonyl (C=O) groups is 3. The molecule has 0 amide bonds. The van der Waals surface area contributed by atoms with Crippen molar-refractivity contribution < 1.29 is 24.2 Å². The van der Waals surface area contributed by atoms with Crippen LogP contribution in [0.25, 0.3) is 0 Å². The van der Waals surface area contributed by atoms with Crippen molar-refractivity contribution in [2.45, 2.75) is 33.3 Å². The van der Waals surface area contributed by atoms with Crippen LogP contribution in [-0.2, 0) is 19.1 Å². The van der Waals surface area contributed by atoms with Crippen molar-refractivity contribution in [1.82, 2.24) is 0 Å². The number of carboxylic acids is 1. The van der Waals surface area contributed by atoms with E-state index in [1.54, 1.807) is 6.92 Å². The lowest BCUT2D eigenvalue weighted by molar-refractivity contribution is -0.153. The molecule has 0 bridgehead atoms. The van der Waals surface area contributed by atoms with E-state index in [-0.39, 0.29) is 30.8 Å². The van der Waals surface area contributed by atoms with E-state index in [9.17, 15) is 19.5 Å². The molecule has 0 radical (unpaired) electrons. The predicted octanol–water partition coefficient (Wildman–Crippen LogP) is 0.971. The number of hydrogen-bond acceptors (Lipinski definition) is 4. The second kappa shape index (κ2) is 4.02. The number of carbonyl (C=O) groups excluding carboxylic acids is 2. The Balaban J connectivity index is 2.66. The summed E-state index contributed by atoms with van der Waals surface area (Å²) in [6.07, 6.45) is -0.535. The average Bonchev–Trinajstić information content (AvgIpc) is 2.29. The van der Waals surface area contributed by atoms with E-state index >= 15 is 0 Å². The third-order valence-corrected chi connectivity index (χ3v) is 4.16. The van der Waals surface area contributed by atoms with Crippen LogP contribution in [-0.4, -0.2) is 35.4 Å². The fourth-order valence-corrected chi connectivity index (χ4v) is 2.75. The van der Waals surface area contributed by atoms with Crippen LogP contribution in [0, 0.1) is 11.3 Å². The molecule has 0 saturated heterocycles. The molecule has 5 nitrogen and oxygen atoms in total. The van der Waals surface area contributed by atoms with Gasteiger partial charge in [-0.25, -0.2) is 0 Å². The van der Waals surface area contributed by atoms with Gasteiger partial charge in [-0.1, -0.05) is 6.92 Å². The summed E-state index contributed by atoms with van der Waals surface area (Å²) >= 11 is 0. The lowest BCUT2D eigenvalue weighted by Crippen LogP contribution is -2.49. The van der Waals surface area contributed by atoms with Crippen LogP contribution in [0.4, 0.5) is 0 Å². The molecule has 18 heavy (non-hydrogen) atoms. The van der Waals surface area contributed by atoms with Crippen LogP contribution in [0.3, 0.4) is 0 Å². The molecule has 3 atom stereocenters. The summed E-state index contributed by atoms with van der Waals surface area (Å²) in [6.45, 7) is 5.12. The molecule has 2 aliphatic rings. The molecule has 1 aliphatic heterocycles. The van der Waals surface area contributed by atoms with Gasteiger partial charge in [0.15, 0.2) is 11.6 Å². The minimum absolute atomic E-state index is 0.107. The first-order valence-corrected chi connectivity index (χ1v) is 5.95. The van der Waals surface area contributed by atoms with Crippen molar-refractivity contribution in [2.75, 3.05) is 6.61 Å². The quantitative estimate of drug-likeness (QED) is 0.703. The van der Waals surface area contributed by atoms with Gasteiger partial charge in [0.05, 0.1) is 19.1 Å². The topological polar surface area (TPSA) is 80.7 Å². The largest absolute Gasteiger partial charge is 0.480 e. The van der Waals surface area contributed by atoms with Gasteiger partial charge >= 0.3 is 5.97 Å². The summed E-state index contributed by atoms with van der Waals surface area (Å²) in [5, 5.41) is 9.39. The summed E-state index contributed by atoms with van der Waals surface area (Å²) in [4.78, 5) is 35.3. The maximum absolute atomic E-state index is 12.0. The number of aliphatic carboxylic acids is 1. The number of carboxylic acid groups (broad SMARTS) is 1. The van der Waals surface area contributed by atoms with E-state index in [0.717, 1.165) is 0 Å². The highest BCUT2D eigenvalue weighted by atomic mass is 16.5. The standard InChI is InChI=1S/C13H16O5/c1-6-7(2)18-5-8-9(14)4-10(15)13(3,11(6)8)12(16)17/h6-7H,4-5H2,1-3H3,(H,16,17). The zero-order valence-corrected chi connectivity index (χ0v) is 10.6. The third kappa shape index (κ3) is 1.54. The van der Waals surface area contributed by atoms with E-state index in [1.165, 1.54) is 6.92 Å². The summed E-state index contributed by atoms with van der Waals surface area (Å²) in [5.74, 6) is -2.26. The second-order valence-corrected chi connectivity index (χ2v) is 5.15. The summed E-state index contributed by atoms with van der Waals surface area (Å²) in [7, 11) is 0. The van der Waals surface area contributed by atoms with Crippen LogP contribution in [0.2, 0.25) is 0 Å². The molecule has 98 valence electrons. The van der Waals surface area contributed by atoms with Crippen molar-refractivity contribution in [3.05, 3.63) is 11.1 Å². The molecule has 5 heteroatoms. The van der Waals surface area contributed by atoms with E-state index in [4.69, 9.17) is 4.74 Å². The Morgan fingerprint density at radius 1 is 1.39 bits per heavy atom. The van der Waals surface area contributed by atoms with Crippen LogP contribution in [0.1, 0.15) is 27.2 Å². The number of hydrogen-bond donors (Lipinski definition) is 1. The van der Waals surface area contributed by atoms with E-state index in [2.05, 4.69) is 0 Å². The van der Waals surface area contributed by atoms with Gasteiger partial charge in [0.25, 0.3) is 0 Å². The maximum atomic E-state index is 12.0. The predicted molar refractivity (Wildman–Crippen MR) is 62.0 cm³/mol. The second-order valence-electron chi connectivity index (χ2n) is 5.15. The molecule has 0 saturated carbocycles. The van der Waals surface area contributed by atoms with Gasteiger partial charge in [0.2, 0.25) is 0 Å². The van der Waals surface area contributed by atoms with Crippen molar-refractivity contribution >= 4 is 17.5 Å². The van der Waals surface area contributed by atoms with Gasteiger partial charge in [0, 0.05) is 11.5 Å². The molecule has 1 N–H and O–H groups in total. The van der Waals surface area contributed by atoms with Gasteiger partial charge in [-0.05, 0) is 19.4 Å². The van der Waals surface area contributed by atoms with Gasteiger partial charge < -0.3 is 9.84 Å². The minimum atomic E-state index is -1.58. The Labute approximate surface area is 105 Å². The van der Waals surface area contributed by atoms with Gasteiger partial charge in [-0.3, -0.25) is 14.4 Å². The highest BCUT2D eigenvalue weighted by Gasteiger charge is 2.53. The molecule has 0 spiro atoms. The van der Waals surface area contributed by atoms with Crippen LogP contribution >= 0.6 is 0 Å². The maximum Gasteiger partial charge on any atom is 0.321 e.